The summed E-state index contributed by atoms with van der Waals surface area (Å²) in [4.78, 5) is 5.12. The molecule has 0 amide bonds. The second-order valence-corrected chi connectivity index (χ2v) is 5.26. The van der Waals surface area contributed by atoms with Gasteiger partial charge >= 0.3 is 0 Å². The number of oxime groups is 1. The second kappa shape index (κ2) is 7.87. The Labute approximate surface area is 135 Å². The average Bonchev–Trinajstić information content (AvgIpc) is 2.62. The normalized spacial score (nSPS) is 21.7. The first-order chi connectivity index (χ1) is 11.4. The highest BCUT2D eigenvalue weighted by Crippen LogP contribution is 2.30. The number of methoxy groups -OCH3 is 1. The monoisotopic (exact) mass is 319 g/mol. The summed E-state index contributed by atoms with van der Waals surface area (Å²) in [5.74, 6) is 1.10. The molecule has 2 aliphatic rings. The van der Waals surface area contributed by atoms with Gasteiger partial charge in [-0.25, -0.2) is 0 Å². The smallest absolute Gasteiger partial charge is 0.261 e. The molecule has 3 rings (SSSR count). The van der Waals surface area contributed by atoms with E-state index in [4.69, 9.17) is 23.8 Å². The molecule has 6 heteroatoms. The molecular weight excluding hydrogens is 298 g/mol. The molecule has 0 N–H and O–H groups in total. The fourth-order valence-electron chi connectivity index (χ4n) is 2.52. The Kier molecular flexibility index (Phi) is 5.37. The van der Waals surface area contributed by atoms with Crippen molar-refractivity contribution in [1.82, 2.24) is 0 Å². The van der Waals surface area contributed by atoms with Crippen LogP contribution in [-0.2, 0) is 19.0 Å². The van der Waals surface area contributed by atoms with Gasteiger partial charge in [0.25, 0.3) is 5.90 Å². The van der Waals surface area contributed by atoms with E-state index in [1.165, 1.54) is 0 Å². The van der Waals surface area contributed by atoms with E-state index >= 15 is 0 Å². The third kappa shape index (κ3) is 3.96. The van der Waals surface area contributed by atoms with Gasteiger partial charge in [-0.1, -0.05) is 18.2 Å². The summed E-state index contributed by atoms with van der Waals surface area (Å²) in [6.45, 7) is 1.63. The van der Waals surface area contributed by atoms with E-state index in [0.29, 0.717) is 30.4 Å². The van der Waals surface area contributed by atoms with Crippen molar-refractivity contribution in [1.29, 1.82) is 0 Å². The maximum atomic E-state index is 6.03. The highest BCUT2D eigenvalue weighted by molar-refractivity contribution is 6.20. The molecule has 1 fully saturated rings. The molecule has 0 aliphatic carbocycles. The van der Waals surface area contributed by atoms with Crippen LogP contribution in [0.5, 0.6) is 5.75 Å². The van der Waals surface area contributed by atoms with Crippen LogP contribution in [0.2, 0.25) is 0 Å². The molecule has 124 valence electrons. The number of ether oxygens (including phenoxy) is 4. The minimum absolute atomic E-state index is 0.223. The molecule has 0 radical (unpaired) electrons. The average molecular weight is 319 g/mol. The van der Waals surface area contributed by atoms with Gasteiger partial charge in [-0.2, -0.15) is 0 Å². The molecular formula is C17H21NO5. The zero-order valence-electron chi connectivity index (χ0n) is 13.2. The molecule has 1 unspecified atom stereocenters. The second-order valence-electron chi connectivity index (χ2n) is 5.26. The van der Waals surface area contributed by atoms with Crippen molar-refractivity contribution in [3.05, 3.63) is 36.1 Å². The Bertz CT molecular complexity index is 578. The standard InChI is InChI=1S/C17H21NO5/c1-19-12-14(17-18-22-11-10-21-17)13-6-2-3-7-15(13)23-16-8-4-5-9-20-16/h2-3,6-7,12,16H,4-5,8-11H2,1H3/b14-12+. The molecule has 6 nitrogen and oxygen atoms in total. The van der Waals surface area contributed by atoms with E-state index in [0.717, 1.165) is 31.4 Å². The molecule has 2 aliphatic heterocycles. The van der Waals surface area contributed by atoms with Crippen LogP contribution in [0.1, 0.15) is 24.8 Å². The molecule has 1 aromatic carbocycles. The van der Waals surface area contributed by atoms with E-state index in [2.05, 4.69) is 5.16 Å². The summed E-state index contributed by atoms with van der Waals surface area (Å²) in [6.07, 6.45) is 4.43. The van der Waals surface area contributed by atoms with Gasteiger partial charge in [0.05, 0.1) is 25.6 Å². The van der Waals surface area contributed by atoms with E-state index in [1.54, 1.807) is 13.4 Å². The van der Waals surface area contributed by atoms with E-state index < -0.39 is 0 Å². The van der Waals surface area contributed by atoms with Crippen LogP contribution in [0.15, 0.2) is 35.7 Å². The number of nitrogens with zero attached hydrogens (tertiary/aromatic N) is 1. The minimum Gasteiger partial charge on any atom is -0.504 e. The first kappa shape index (κ1) is 15.7. The third-order valence-electron chi connectivity index (χ3n) is 3.60. The molecule has 1 atom stereocenters. The SMILES string of the molecule is CO/C=C(/C1=NOCCO1)c1ccccc1OC1CCCCO1. The fourth-order valence-corrected chi connectivity index (χ4v) is 2.52. The number of hydrogen-bond donors (Lipinski definition) is 0. The van der Waals surface area contributed by atoms with Gasteiger partial charge in [0, 0.05) is 12.0 Å². The topological polar surface area (TPSA) is 58.5 Å². The molecule has 0 spiro atoms. The highest BCUT2D eigenvalue weighted by atomic mass is 16.7. The van der Waals surface area contributed by atoms with Crippen LogP contribution >= 0.6 is 0 Å². The van der Waals surface area contributed by atoms with E-state index in [9.17, 15) is 0 Å². The molecule has 0 aromatic heterocycles. The van der Waals surface area contributed by atoms with Crippen molar-refractivity contribution in [3.63, 3.8) is 0 Å². The lowest BCUT2D eigenvalue weighted by atomic mass is 10.1. The largest absolute Gasteiger partial charge is 0.504 e. The lowest BCUT2D eigenvalue weighted by molar-refractivity contribution is -0.106. The summed E-state index contributed by atoms with van der Waals surface area (Å²) in [5.41, 5.74) is 1.51. The highest BCUT2D eigenvalue weighted by Gasteiger charge is 2.22. The molecule has 1 saturated heterocycles. The zero-order valence-corrected chi connectivity index (χ0v) is 13.2. The van der Waals surface area contributed by atoms with Crippen molar-refractivity contribution >= 4 is 11.5 Å². The number of hydrogen-bond acceptors (Lipinski definition) is 6. The number of para-hydroxylation sites is 1. The van der Waals surface area contributed by atoms with Crippen LogP contribution < -0.4 is 4.74 Å². The zero-order chi connectivity index (χ0) is 15.9. The summed E-state index contributed by atoms with van der Waals surface area (Å²) in [5, 5.41) is 3.97. The van der Waals surface area contributed by atoms with Crippen LogP contribution in [0.25, 0.3) is 5.57 Å². The minimum atomic E-state index is -0.223. The molecule has 0 saturated carbocycles. The predicted octanol–water partition coefficient (Wildman–Crippen LogP) is 2.94. The Balaban J connectivity index is 1.87. The van der Waals surface area contributed by atoms with Gasteiger partial charge in [0.1, 0.15) is 12.4 Å². The van der Waals surface area contributed by atoms with Gasteiger partial charge in [-0.15, -0.1) is 0 Å². The van der Waals surface area contributed by atoms with Gasteiger partial charge < -0.3 is 23.8 Å². The van der Waals surface area contributed by atoms with Crippen molar-refractivity contribution in [2.24, 2.45) is 5.16 Å². The van der Waals surface area contributed by atoms with Crippen molar-refractivity contribution in [2.45, 2.75) is 25.6 Å². The van der Waals surface area contributed by atoms with E-state index in [-0.39, 0.29) is 6.29 Å². The first-order valence-electron chi connectivity index (χ1n) is 7.82. The van der Waals surface area contributed by atoms with Gasteiger partial charge in [0.15, 0.2) is 12.9 Å². The Morgan fingerprint density at radius 2 is 2.13 bits per heavy atom. The number of rotatable bonds is 5. The number of benzene rings is 1. The lowest BCUT2D eigenvalue weighted by Gasteiger charge is -2.25. The first-order valence-corrected chi connectivity index (χ1v) is 7.82. The lowest BCUT2D eigenvalue weighted by Crippen LogP contribution is -2.25. The predicted molar refractivity (Wildman–Crippen MR) is 85.0 cm³/mol. The molecule has 23 heavy (non-hydrogen) atoms. The van der Waals surface area contributed by atoms with Crippen LogP contribution in [-0.4, -0.2) is 39.1 Å². The van der Waals surface area contributed by atoms with Crippen molar-refractivity contribution in [3.8, 4) is 5.75 Å². The maximum absolute atomic E-state index is 6.03. The quantitative estimate of drug-likeness (QED) is 0.781. The van der Waals surface area contributed by atoms with E-state index in [1.807, 2.05) is 24.3 Å². The summed E-state index contributed by atoms with van der Waals surface area (Å²) < 4.78 is 22.5. The van der Waals surface area contributed by atoms with Gasteiger partial charge in [-0.05, 0) is 24.1 Å². The maximum Gasteiger partial charge on any atom is 0.261 e. The van der Waals surface area contributed by atoms with Crippen molar-refractivity contribution < 1.29 is 23.8 Å². The Morgan fingerprint density at radius 3 is 2.87 bits per heavy atom. The molecule has 1 aromatic rings. The van der Waals surface area contributed by atoms with Crippen LogP contribution in [0.3, 0.4) is 0 Å². The van der Waals surface area contributed by atoms with Crippen LogP contribution in [0, 0.1) is 0 Å². The third-order valence-corrected chi connectivity index (χ3v) is 3.60. The summed E-state index contributed by atoms with van der Waals surface area (Å²) in [6, 6.07) is 7.69. The van der Waals surface area contributed by atoms with Crippen LogP contribution in [0.4, 0.5) is 0 Å². The summed E-state index contributed by atoms with van der Waals surface area (Å²) in [7, 11) is 1.58. The Hall–Kier alpha value is -2.21. The fraction of sp³-hybridized carbons (Fsp3) is 0.471. The van der Waals surface area contributed by atoms with Gasteiger partial charge in [-0.3, -0.25) is 0 Å². The van der Waals surface area contributed by atoms with Gasteiger partial charge in [0.2, 0.25) is 0 Å². The van der Waals surface area contributed by atoms with Crippen molar-refractivity contribution in [2.75, 3.05) is 26.9 Å². The molecule has 2 heterocycles. The Morgan fingerprint density at radius 1 is 1.22 bits per heavy atom. The molecule has 0 bridgehead atoms. The summed E-state index contributed by atoms with van der Waals surface area (Å²) >= 11 is 0.